The average Bonchev–Trinajstić information content (AvgIpc) is 4.33. The van der Waals surface area contributed by atoms with Gasteiger partial charge >= 0.3 is 0 Å². The second-order valence-corrected chi connectivity index (χ2v) is 25.9. The van der Waals surface area contributed by atoms with Crippen LogP contribution >= 0.6 is 0 Å². The van der Waals surface area contributed by atoms with Gasteiger partial charge < -0.3 is 0 Å². The van der Waals surface area contributed by atoms with Crippen LogP contribution < -0.4 is 0 Å². The Morgan fingerprint density at radius 3 is 1.11 bits per heavy atom. The Morgan fingerprint density at radius 1 is 0.301 bits per heavy atom. The molecule has 3 heteroatoms. The van der Waals surface area contributed by atoms with Crippen molar-refractivity contribution < 1.29 is 0 Å². The molecule has 0 spiro atoms. The smallest absolute Gasteiger partial charge is 0.0677 e. The molecule has 3 aliphatic heterocycles. The molecule has 3 nitrogen and oxygen atoms in total. The Kier molecular flexibility index (Phi) is 21.0. The molecule has 2 aromatic carbocycles. The molecule has 3 heterocycles. The molecule has 432 valence electrons. The molecule has 0 unspecified atom stereocenters. The van der Waals surface area contributed by atoms with Crippen molar-refractivity contribution in [3.63, 3.8) is 0 Å². The van der Waals surface area contributed by atoms with Gasteiger partial charge in [0.05, 0.1) is 11.4 Å². The van der Waals surface area contributed by atoms with Gasteiger partial charge in [0.2, 0.25) is 0 Å². The predicted octanol–water partition coefficient (Wildman–Crippen LogP) is 22.9. The number of hydrogen-bond donors (Lipinski definition) is 0. The maximum absolute atomic E-state index is 4.38. The van der Waals surface area contributed by atoms with E-state index in [0.29, 0.717) is 0 Å². The first kappa shape index (κ1) is 62.1. The average molecular weight is 1100 g/mol. The van der Waals surface area contributed by atoms with E-state index >= 15 is 0 Å². The van der Waals surface area contributed by atoms with E-state index in [1.54, 1.807) is 50.2 Å². The van der Waals surface area contributed by atoms with Gasteiger partial charge in [-0.15, -0.1) is 0 Å². The highest BCUT2D eigenvalue weighted by Gasteiger charge is 2.29. The zero-order valence-corrected chi connectivity index (χ0v) is 54.1. The fraction of sp³-hybridized carbons (Fsp3) is 0.388. The second-order valence-electron chi connectivity index (χ2n) is 25.9. The van der Waals surface area contributed by atoms with Crippen molar-refractivity contribution in [1.29, 1.82) is 0 Å². The number of fused-ring (bicyclic) bond motifs is 4. The third-order valence-corrected chi connectivity index (χ3v) is 16.8. The molecule has 0 saturated heterocycles. The van der Waals surface area contributed by atoms with Gasteiger partial charge in [-0.05, 0) is 252 Å². The second kappa shape index (κ2) is 28.1. The van der Waals surface area contributed by atoms with Crippen LogP contribution in [0.2, 0.25) is 0 Å². The van der Waals surface area contributed by atoms with Crippen LogP contribution in [0, 0.1) is 0 Å². The van der Waals surface area contributed by atoms with Crippen molar-refractivity contribution in [2.45, 2.75) is 208 Å². The Balaban J connectivity index is 0.000000125. The van der Waals surface area contributed by atoms with E-state index in [-0.39, 0.29) is 0 Å². The van der Waals surface area contributed by atoms with Crippen molar-refractivity contribution in [3.05, 3.63) is 247 Å². The molecule has 0 saturated carbocycles. The molecule has 11 aliphatic carbocycles. The molecule has 16 rings (SSSR count). The summed E-state index contributed by atoms with van der Waals surface area (Å²) in [5.74, 6) is 0. The van der Waals surface area contributed by atoms with E-state index in [2.05, 4.69) is 215 Å². The van der Waals surface area contributed by atoms with Gasteiger partial charge in [0.25, 0.3) is 0 Å². The third kappa shape index (κ3) is 16.9. The number of rotatable bonds is 0. The Bertz CT molecular complexity index is 3330. The summed E-state index contributed by atoms with van der Waals surface area (Å²) in [6, 6.07) is 13.3. The zero-order chi connectivity index (χ0) is 59.6. The molecule has 0 bridgehead atoms. The Hall–Kier alpha value is -6.97. The monoisotopic (exact) mass is 1100 g/mol. The van der Waals surface area contributed by atoms with Crippen molar-refractivity contribution >= 4 is 35.4 Å². The van der Waals surface area contributed by atoms with Gasteiger partial charge in [0, 0.05) is 42.6 Å². The first-order chi connectivity index (χ1) is 39.7. The lowest BCUT2D eigenvalue weighted by Crippen LogP contribution is -1.89. The first-order valence-electron chi connectivity index (χ1n) is 31.2. The van der Waals surface area contributed by atoms with Gasteiger partial charge in [0.15, 0.2) is 0 Å². The summed E-state index contributed by atoms with van der Waals surface area (Å²) in [5.41, 5.74) is 45.6. The van der Waals surface area contributed by atoms with E-state index < -0.39 is 0 Å². The summed E-state index contributed by atoms with van der Waals surface area (Å²) >= 11 is 0. The number of hydrogen-bond acceptors (Lipinski definition) is 3. The maximum Gasteiger partial charge on any atom is 0.0677 e. The highest BCUT2D eigenvalue weighted by Crippen LogP contribution is 2.47. The quantitative estimate of drug-likeness (QED) is 0.252. The summed E-state index contributed by atoms with van der Waals surface area (Å²) in [7, 11) is 0. The minimum atomic E-state index is 0.979. The minimum Gasteiger partial charge on any atom is -0.266 e. The molecule has 0 aromatic heterocycles. The summed E-state index contributed by atoms with van der Waals surface area (Å²) in [4.78, 5) is 12.8. The molecule has 14 aliphatic rings. The molecular weight excluding hydrogens is 1000 g/mol. The van der Waals surface area contributed by atoms with Crippen LogP contribution in [0.1, 0.15) is 222 Å². The lowest BCUT2D eigenvalue weighted by atomic mass is 10.0. The molecule has 83 heavy (non-hydrogen) atoms. The molecule has 0 N–H and O–H groups in total. The zero-order valence-electron chi connectivity index (χ0n) is 54.1. The summed E-state index contributed by atoms with van der Waals surface area (Å²) < 4.78 is 0. The normalized spacial score (nSPS) is 20.3. The Labute approximate surface area is 502 Å². The number of benzene rings is 2. The molecule has 0 radical (unpaired) electrons. The van der Waals surface area contributed by atoms with Crippen LogP contribution in [0.4, 0.5) is 0 Å². The van der Waals surface area contributed by atoms with E-state index in [1.165, 1.54) is 175 Å². The maximum atomic E-state index is 4.38. The lowest BCUT2D eigenvalue weighted by molar-refractivity contribution is 1.05. The van der Waals surface area contributed by atoms with E-state index in [9.17, 15) is 0 Å². The topological polar surface area (TPSA) is 37.1 Å². The van der Waals surface area contributed by atoms with Gasteiger partial charge in [-0.25, -0.2) is 0 Å². The number of aliphatic imine (C=N–C) groups is 3. The van der Waals surface area contributed by atoms with Gasteiger partial charge in [0.1, 0.15) is 0 Å². The molecular formula is C80H97N3. The third-order valence-electron chi connectivity index (χ3n) is 16.8. The molecule has 0 atom stereocenters. The van der Waals surface area contributed by atoms with Crippen molar-refractivity contribution in [3.8, 4) is 0 Å². The fourth-order valence-corrected chi connectivity index (χ4v) is 13.4. The van der Waals surface area contributed by atoms with Crippen molar-refractivity contribution in [1.82, 2.24) is 0 Å². The highest BCUT2D eigenvalue weighted by atomic mass is 14.9. The number of allylic oxidation sites excluding steroid dienone is 30. The molecule has 0 amide bonds. The Morgan fingerprint density at radius 2 is 0.711 bits per heavy atom. The van der Waals surface area contributed by atoms with E-state index in [4.69, 9.17) is 0 Å². The largest absolute Gasteiger partial charge is 0.266 e. The number of nitrogens with zero attached hydrogens (tertiary/aromatic N) is 3. The van der Waals surface area contributed by atoms with Crippen LogP contribution in [0.15, 0.2) is 229 Å². The van der Waals surface area contributed by atoms with Crippen molar-refractivity contribution in [2.24, 2.45) is 15.0 Å². The van der Waals surface area contributed by atoms with Crippen LogP contribution in [0.5, 0.6) is 0 Å². The van der Waals surface area contributed by atoms with Crippen molar-refractivity contribution in [2.75, 3.05) is 0 Å². The van der Waals surface area contributed by atoms with E-state index in [0.717, 1.165) is 38.5 Å². The summed E-state index contributed by atoms with van der Waals surface area (Å²) in [6.45, 7) is 36.5. The summed E-state index contributed by atoms with van der Waals surface area (Å²) in [6.07, 6.45) is 43.4. The van der Waals surface area contributed by atoms with Crippen LogP contribution in [-0.4, -0.2) is 17.1 Å². The fourth-order valence-electron chi connectivity index (χ4n) is 13.4. The van der Waals surface area contributed by atoms with Gasteiger partial charge in [-0.2, -0.15) is 0 Å². The van der Waals surface area contributed by atoms with E-state index in [1.807, 2.05) is 27.0 Å². The lowest BCUT2D eigenvalue weighted by Gasteiger charge is -2.03. The van der Waals surface area contributed by atoms with Gasteiger partial charge in [-0.3, -0.25) is 15.0 Å². The molecule has 2 aromatic rings. The van der Waals surface area contributed by atoms with Crippen LogP contribution in [0.3, 0.4) is 0 Å². The van der Waals surface area contributed by atoms with Gasteiger partial charge in [-0.1, -0.05) is 184 Å². The van der Waals surface area contributed by atoms with Crippen LogP contribution in [0.25, 0.3) is 18.2 Å². The predicted molar refractivity (Wildman–Crippen MR) is 365 cm³/mol. The first-order valence-corrected chi connectivity index (χ1v) is 31.2. The minimum absolute atomic E-state index is 0.979. The van der Waals surface area contributed by atoms with Crippen LogP contribution in [-0.2, 0) is 19.3 Å². The SMILES string of the molecule is CC.CC1=CC2=C(C1)C1=C(C=C(C)C1)C2.CC1=CC2=C(C1)CC(C)=C2.CC1=CC2=C(C=C(C)C2)C1.CC1=CC=C(C)C1.CC1=CN=C(C)C1.CC1=Cc2cc3c(cc2C1)C=C(C)C3.CC1=Cc2ccccc2C1.CC1=NC2=C(C1)N=C(C)C2. The summed E-state index contributed by atoms with van der Waals surface area (Å²) in [5, 5.41) is 0. The molecule has 0 fully saturated rings. The standard InChI is InChI=1S/C14H14.C13H14.2C10H12.C10H10.C8H10N2.C7H10.C6H9N.C2H6/c1-9-3-11-7-13-5-10(2)6-14(13)8-12(11)4-9;1-8-3-10-7-11-4-9(2)6-13(11)12(10)5-8;2*1-7-3-9-5-8(2)6-10(9)4-7;1-8-6-9-4-2-3-5-10(9)7-8;1-5-3-7-8(9-5)4-6(2)10-7;1-6-3-4-7(2)5-6;1-5-3-6(2)7-4-5;1-2/h3,6-8H,4-5H2,1-2H3;3-4H,5-7H2,1-2H3;3,6H,4-5H2,1-2H3;3,5H,4,6H2,1-2H3;2-6H,7H2,1H3;3-4H2,1-2H3;3-4H,5H2,1-2H3;4H,3H2,1-2H3;1-2H3. The highest BCUT2D eigenvalue weighted by molar-refractivity contribution is 5.95.